The van der Waals surface area contributed by atoms with Crippen molar-refractivity contribution in [3.8, 4) is 0 Å². The van der Waals surface area contributed by atoms with Crippen molar-refractivity contribution in [2.75, 3.05) is 36.8 Å². The maximum absolute atomic E-state index is 14.8. The van der Waals surface area contributed by atoms with E-state index in [0.29, 0.717) is 50.2 Å². The van der Waals surface area contributed by atoms with Crippen molar-refractivity contribution in [3.05, 3.63) is 76.7 Å². The molecule has 0 atom stereocenters. The molecule has 1 aliphatic rings. The number of carbonyl (C=O) groups excluding carboxylic acids is 2. The van der Waals surface area contributed by atoms with Gasteiger partial charge in [0, 0.05) is 57.3 Å². The Morgan fingerprint density at radius 2 is 1.63 bits per heavy atom. The summed E-state index contributed by atoms with van der Waals surface area (Å²) >= 11 is 0. The summed E-state index contributed by atoms with van der Waals surface area (Å²) in [4.78, 5) is 28.6. The van der Waals surface area contributed by atoms with Crippen LogP contribution in [-0.2, 0) is 19.0 Å². The van der Waals surface area contributed by atoms with E-state index in [0.717, 1.165) is 17.8 Å². The van der Waals surface area contributed by atoms with Crippen LogP contribution in [0.3, 0.4) is 0 Å². The highest BCUT2D eigenvalue weighted by molar-refractivity contribution is 5.99. The first kappa shape index (κ1) is 27.2. The molecule has 3 aromatic rings. The Kier molecular flexibility index (Phi) is 7.77. The van der Waals surface area contributed by atoms with Gasteiger partial charge in [0.2, 0.25) is 0 Å². The van der Waals surface area contributed by atoms with Gasteiger partial charge in [-0.05, 0) is 29.8 Å². The molecule has 1 saturated heterocycles. The van der Waals surface area contributed by atoms with Crippen molar-refractivity contribution in [2.45, 2.75) is 32.7 Å². The highest BCUT2D eigenvalue weighted by atomic mass is 19.1. The van der Waals surface area contributed by atoms with Gasteiger partial charge in [-0.1, -0.05) is 26.8 Å². The lowest BCUT2D eigenvalue weighted by Crippen LogP contribution is -2.48. The molecule has 2 N–H and O–H groups in total. The van der Waals surface area contributed by atoms with Gasteiger partial charge in [0.05, 0.1) is 16.9 Å². The average molecular weight is 529 g/mol. The van der Waals surface area contributed by atoms with Crippen LogP contribution in [0.1, 0.15) is 42.4 Å². The number of carbonyl (C=O) groups is 2. The van der Waals surface area contributed by atoms with Gasteiger partial charge in [0.25, 0.3) is 5.91 Å². The number of rotatable bonds is 5. The lowest BCUT2D eigenvalue weighted by Gasteiger charge is -2.34. The number of hydrogen-bond acceptors (Lipinski definition) is 4. The summed E-state index contributed by atoms with van der Waals surface area (Å²) in [5.41, 5.74) is 1.23. The third-order valence-corrected chi connectivity index (χ3v) is 6.40. The molecule has 4 rings (SSSR count). The number of urea groups is 1. The Morgan fingerprint density at radius 1 is 0.921 bits per heavy atom. The predicted octanol–water partition coefficient (Wildman–Crippen LogP) is 4.74. The number of hydrogen-bond donors (Lipinski definition) is 2. The minimum atomic E-state index is -0.884. The lowest BCUT2D eigenvalue weighted by molar-refractivity contribution is 0.0623. The van der Waals surface area contributed by atoms with E-state index in [2.05, 4.69) is 20.6 Å². The van der Waals surface area contributed by atoms with E-state index in [-0.39, 0.29) is 16.7 Å². The monoisotopic (exact) mass is 528 g/mol. The molecule has 11 heteroatoms. The molecule has 0 saturated carbocycles. The van der Waals surface area contributed by atoms with E-state index in [9.17, 15) is 22.8 Å². The van der Waals surface area contributed by atoms with Crippen molar-refractivity contribution >= 4 is 23.4 Å². The first-order valence-corrected chi connectivity index (χ1v) is 12.3. The van der Waals surface area contributed by atoms with E-state index in [1.807, 2.05) is 20.8 Å². The molecule has 0 aliphatic carbocycles. The number of anilines is 2. The van der Waals surface area contributed by atoms with E-state index in [1.165, 1.54) is 17.0 Å². The van der Waals surface area contributed by atoms with E-state index < -0.39 is 29.4 Å². The minimum absolute atomic E-state index is 0.0428. The molecule has 0 bridgehead atoms. The first-order chi connectivity index (χ1) is 17.9. The summed E-state index contributed by atoms with van der Waals surface area (Å²) in [6.45, 7) is 8.26. The highest BCUT2D eigenvalue weighted by Crippen LogP contribution is 2.24. The van der Waals surface area contributed by atoms with Crippen LogP contribution in [0.4, 0.5) is 29.5 Å². The van der Waals surface area contributed by atoms with Gasteiger partial charge in [-0.25, -0.2) is 18.0 Å². The molecule has 0 unspecified atom stereocenters. The van der Waals surface area contributed by atoms with Gasteiger partial charge in [-0.3, -0.25) is 19.7 Å². The molecule has 3 amide bonds. The zero-order chi connectivity index (χ0) is 27.6. The molecule has 0 radical (unpaired) electrons. The average Bonchev–Trinajstić information content (AvgIpc) is 3.21. The molecule has 1 fully saturated rings. The molecule has 2 aromatic carbocycles. The molecule has 1 aromatic heterocycles. The van der Waals surface area contributed by atoms with Crippen LogP contribution in [0, 0.1) is 17.5 Å². The summed E-state index contributed by atoms with van der Waals surface area (Å²) in [6, 6.07) is 8.70. The first-order valence-electron chi connectivity index (χ1n) is 12.3. The Morgan fingerprint density at radius 3 is 2.24 bits per heavy atom. The van der Waals surface area contributed by atoms with E-state index in [4.69, 9.17) is 0 Å². The molecule has 2 heterocycles. The Labute approximate surface area is 219 Å². The fourth-order valence-corrected chi connectivity index (χ4v) is 4.18. The largest absolute Gasteiger partial charge is 0.336 e. The van der Waals surface area contributed by atoms with Crippen molar-refractivity contribution in [2.24, 2.45) is 7.05 Å². The maximum Gasteiger partial charge on any atom is 0.324 e. The molecule has 38 heavy (non-hydrogen) atoms. The molecule has 202 valence electrons. The number of benzene rings is 2. The number of aromatic nitrogens is 2. The van der Waals surface area contributed by atoms with Crippen LogP contribution in [0.25, 0.3) is 0 Å². The standard InChI is InChI=1S/C27H31F3N6O2/c1-27(2,3)23-15-24(34(4)33-23)32-26(38)31-22-8-5-17(13-21(22)30)16-35-9-11-36(12-10-35)25(37)19-7-6-18(28)14-20(19)29/h5-8,13-15H,9-12,16H2,1-4H3,(H2,31,32,38). The van der Waals surface area contributed by atoms with Crippen molar-refractivity contribution in [3.63, 3.8) is 0 Å². The molecular weight excluding hydrogens is 497 g/mol. The number of halogens is 3. The Balaban J connectivity index is 1.30. The normalized spacial score (nSPS) is 14.4. The quantitative estimate of drug-likeness (QED) is 0.502. The maximum atomic E-state index is 14.8. The summed E-state index contributed by atoms with van der Waals surface area (Å²) in [5, 5.41) is 9.63. The predicted molar refractivity (Wildman–Crippen MR) is 138 cm³/mol. The van der Waals surface area contributed by atoms with Crippen LogP contribution in [-0.4, -0.2) is 57.7 Å². The van der Waals surface area contributed by atoms with Gasteiger partial charge >= 0.3 is 6.03 Å². The van der Waals surface area contributed by atoms with Gasteiger partial charge in [0.15, 0.2) is 0 Å². The topological polar surface area (TPSA) is 82.5 Å². The molecule has 1 aliphatic heterocycles. The summed E-state index contributed by atoms with van der Waals surface area (Å²) in [7, 11) is 1.72. The van der Waals surface area contributed by atoms with Crippen LogP contribution >= 0.6 is 0 Å². The van der Waals surface area contributed by atoms with Crippen LogP contribution in [0.2, 0.25) is 0 Å². The summed E-state index contributed by atoms with van der Waals surface area (Å²) in [6.07, 6.45) is 0. The molecule has 0 spiro atoms. The number of piperazine rings is 1. The number of nitrogens with zero attached hydrogens (tertiary/aromatic N) is 4. The second kappa shape index (κ2) is 10.9. The van der Waals surface area contributed by atoms with Crippen LogP contribution in [0.15, 0.2) is 42.5 Å². The molecular formula is C27H31F3N6O2. The van der Waals surface area contributed by atoms with Gasteiger partial charge in [-0.15, -0.1) is 0 Å². The zero-order valence-electron chi connectivity index (χ0n) is 21.8. The van der Waals surface area contributed by atoms with Crippen molar-refractivity contribution < 1.29 is 22.8 Å². The zero-order valence-corrected chi connectivity index (χ0v) is 21.8. The number of amides is 3. The third-order valence-electron chi connectivity index (χ3n) is 6.40. The third kappa shape index (κ3) is 6.34. The van der Waals surface area contributed by atoms with Gasteiger partial charge < -0.3 is 10.2 Å². The van der Waals surface area contributed by atoms with Crippen LogP contribution < -0.4 is 10.6 Å². The highest BCUT2D eigenvalue weighted by Gasteiger charge is 2.25. The summed E-state index contributed by atoms with van der Waals surface area (Å²) in [5.74, 6) is -2.18. The van der Waals surface area contributed by atoms with Crippen LogP contribution in [0.5, 0.6) is 0 Å². The minimum Gasteiger partial charge on any atom is -0.336 e. The van der Waals surface area contributed by atoms with Gasteiger partial charge in [-0.2, -0.15) is 5.10 Å². The Bertz CT molecular complexity index is 1340. The van der Waals surface area contributed by atoms with Gasteiger partial charge in [0.1, 0.15) is 23.3 Å². The SMILES string of the molecule is Cn1nc(C(C)(C)C)cc1NC(=O)Nc1ccc(CN2CCN(C(=O)c3ccc(F)cc3F)CC2)cc1F. The van der Waals surface area contributed by atoms with E-state index >= 15 is 0 Å². The summed E-state index contributed by atoms with van der Waals surface area (Å²) < 4.78 is 43.4. The Hall–Kier alpha value is -3.86. The second-order valence-electron chi connectivity index (χ2n) is 10.4. The number of nitrogens with one attached hydrogen (secondary N) is 2. The lowest BCUT2D eigenvalue weighted by atomic mass is 9.92. The fraction of sp³-hybridized carbons (Fsp3) is 0.370. The van der Waals surface area contributed by atoms with Crippen molar-refractivity contribution in [1.29, 1.82) is 0 Å². The van der Waals surface area contributed by atoms with Crippen molar-refractivity contribution in [1.82, 2.24) is 19.6 Å². The second-order valence-corrected chi connectivity index (χ2v) is 10.4. The molecule has 8 nitrogen and oxygen atoms in total. The fourth-order valence-electron chi connectivity index (χ4n) is 4.18. The van der Waals surface area contributed by atoms with E-state index in [1.54, 1.807) is 23.9 Å². The smallest absolute Gasteiger partial charge is 0.324 e. The number of aryl methyl sites for hydroxylation is 1.